The number of fused-ring (bicyclic) bond motifs is 1. The minimum Gasteiger partial charge on any atom is -0.483 e. The Balaban J connectivity index is 1.50. The van der Waals surface area contributed by atoms with Gasteiger partial charge in [-0.05, 0) is 37.6 Å². The van der Waals surface area contributed by atoms with Crippen molar-refractivity contribution in [3.63, 3.8) is 0 Å². The number of nitrogens with zero attached hydrogens (tertiary/aromatic N) is 1. The van der Waals surface area contributed by atoms with Crippen LogP contribution in [0.15, 0.2) is 42.5 Å². The Labute approximate surface area is 166 Å². The van der Waals surface area contributed by atoms with Crippen molar-refractivity contribution in [3.8, 4) is 11.5 Å². The minimum atomic E-state index is -0.773. The van der Waals surface area contributed by atoms with Gasteiger partial charge in [0, 0.05) is 38.3 Å². The summed E-state index contributed by atoms with van der Waals surface area (Å²) < 4.78 is 11.6. The molecular formula is C22H28N2O4. The number of anilines is 1. The maximum Gasteiger partial charge on any atom is 0.258 e. The molecule has 0 aromatic heterocycles. The van der Waals surface area contributed by atoms with E-state index in [0.29, 0.717) is 11.5 Å². The lowest BCUT2D eigenvalue weighted by molar-refractivity contribution is -0.123. The van der Waals surface area contributed by atoms with Crippen molar-refractivity contribution in [3.05, 3.63) is 53.6 Å². The van der Waals surface area contributed by atoms with Crippen LogP contribution in [0.25, 0.3) is 0 Å². The Bertz CT molecular complexity index is 831. The van der Waals surface area contributed by atoms with Crippen molar-refractivity contribution < 1.29 is 19.4 Å². The van der Waals surface area contributed by atoms with Gasteiger partial charge in [0.05, 0.1) is 6.10 Å². The lowest BCUT2D eigenvalue weighted by Gasteiger charge is -2.18. The smallest absolute Gasteiger partial charge is 0.258 e. The van der Waals surface area contributed by atoms with Gasteiger partial charge >= 0.3 is 0 Å². The Morgan fingerprint density at radius 2 is 1.96 bits per heavy atom. The molecule has 1 unspecified atom stereocenters. The molecule has 6 heteroatoms. The maximum absolute atomic E-state index is 12.1. The van der Waals surface area contributed by atoms with E-state index in [1.165, 1.54) is 0 Å². The molecule has 1 heterocycles. The molecule has 6 nitrogen and oxygen atoms in total. The molecule has 2 aromatic rings. The number of hydrogen-bond acceptors (Lipinski definition) is 5. The van der Waals surface area contributed by atoms with E-state index in [4.69, 9.17) is 9.47 Å². The Kier molecular flexibility index (Phi) is 5.79. The van der Waals surface area contributed by atoms with Crippen molar-refractivity contribution in [2.75, 3.05) is 32.1 Å². The number of benzene rings is 2. The van der Waals surface area contributed by atoms with Crippen LogP contribution in [-0.2, 0) is 11.2 Å². The number of para-hydroxylation sites is 1. The third-order valence-electron chi connectivity index (χ3n) is 4.70. The van der Waals surface area contributed by atoms with Gasteiger partial charge in [-0.15, -0.1) is 0 Å². The number of aliphatic hydroxyl groups excluding tert-OH is 1. The zero-order valence-corrected chi connectivity index (χ0v) is 16.9. The highest BCUT2D eigenvalue weighted by molar-refractivity contribution is 5.77. The van der Waals surface area contributed by atoms with Gasteiger partial charge in [-0.3, -0.25) is 4.79 Å². The third kappa shape index (κ3) is 4.75. The van der Waals surface area contributed by atoms with Crippen LogP contribution in [0.2, 0.25) is 0 Å². The van der Waals surface area contributed by atoms with E-state index in [1.807, 2.05) is 69.2 Å². The predicted octanol–water partition coefficient (Wildman–Crippen LogP) is 2.69. The monoisotopic (exact) mass is 384 g/mol. The number of aliphatic hydroxyl groups is 1. The normalized spacial score (nSPS) is 15.3. The second-order valence-electron chi connectivity index (χ2n) is 7.88. The molecule has 1 aliphatic rings. The molecular weight excluding hydrogens is 356 g/mol. The van der Waals surface area contributed by atoms with Crippen LogP contribution < -0.4 is 19.7 Å². The molecule has 3 rings (SSSR count). The molecule has 28 heavy (non-hydrogen) atoms. The molecule has 0 aliphatic carbocycles. The predicted molar refractivity (Wildman–Crippen MR) is 109 cm³/mol. The summed E-state index contributed by atoms with van der Waals surface area (Å²) in [5.74, 6) is 0.984. The van der Waals surface area contributed by atoms with Crippen molar-refractivity contribution in [2.45, 2.75) is 32.0 Å². The number of carbonyl (C=O) groups is 1. The quantitative estimate of drug-likeness (QED) is 0.768. The van der Waals surface area contributed by atoms with E-state index in [9.17, 15) is 9.90 Å². The van der Waals surface area contributed by atoms with Gasteiger partial charge in [0.15, 0.2) is 18.1 Å². The molecule has 0 radical (unpaired) electrons. The summed E-state index contributed by atoms with van der Waals surface area (Å²) in [6.45, 7) is 4.04. The lowest BCUT2D eigenvalue weighted by Crippen LogP contribution is -2.32. The van der Waals surface area contributed by atoms with E-state index in [2.05, 4.69) is 5.32 Å². The number of nitrogens with one attached hydrogen (secondary N) is 1. The summed E-state index contributed by atoms with van der Waals surface area (Å²) in [6.07, 6.45) is 0.0372. The van der Waals surface area contributed by atoms with E-state index in [0.717, 1.165) is 23.2 Å². The van der Waals surface area contributed by atoms with Crippen LogP contribution in [0.1, 0.15) is 31.1 Å². The van der Waals surface area contributed by atoms with Crippen LogP contribution in [0.5, 0.6) is 11.5 Å². The molecule has 2 N–H and O–H groups in total. The van der Waals surface area contributed by atoms with Crippen LogP contribution in [0.3, 0.4) is 0 Å². The molecule has 0 saturated heterocycles. The van der Waals surface area contributed by atoms with Gasteiger partial charge in [0.25, 0.3) is 5.91 Å². The van der Waals surface area contributed by atoms with E-state index < -0.39 is 6.10 Å². The van der Waals surface area contributed by atoms with Crippen LogP contribution in [0, 0.1) is 0 Å². The summed E-state index contributed by atoms with van der Waals surface area (Å²) in [7, 11) is 3.92. The van der Waals surface area contributed by atoms with Gasteiger partial charge in [-0.1, -0.05) is 24.3 Å². The second-order valence-corrected chi connectivity index (χ2v) is 7.88. The first-order valence-corrected chi connectivity index (χ1v) is 9.41. The first-order chi connectivity index (χ1) is 13.2. The molecule has 0 bridgehead atoms. The summed E-state index contributed by atoms with van der Waals surface area (Å²) in [5, 5.41) is 13.0. The summed E-state index contributed by atoms with van der Waals surface area (Å²) in [6, 6.07) is 13.3. The summed E-state index contributed by atoms with van der Waals surface area (Å²) >= 11 is 0. The Hall–Kier alpha value is -2.73. The fourth-order valence-corrected chi connectivity index (χ4v) is 3.22. The van der Waals surface area contributed by atoms with Gasteiger partial charge in [-0.25, -0.2) is 0 Å². The second kappa shape index (κ2) is 8.10. The van der Waals surface area contributed by atoms with E-state index >= 15 is 0 Å². The number of rotatable bonds is 7. The van der Waals surface area contributed by atoms with Crippen LogP contribution in [0.4, 0.5) is 5.69 Å². The number of carbonyl (C=O) groups excluding carboxylic acids is 1. The van der Waals surface area contributed by atoms with Gasteiger partial charge in [0.2, 0.25) is 0 Å². The summed E-state index contributed by atoms with van der Waals surface area (Å²) in [4.78, 5) is 14.1. The fraction of sp³-hybridized carbons (Fsp3) is 0.409. The van der Waals surface area contributed by atoms with E-state index in [-0.39, 0.29) is 24.7 Å². The van der Waals surface area contributed by atoms with Gasteiger partial charge < -0.3 is 24.8 Å². The Morgan fingerprint density at radius 1 is 1.25 bits per heavy atom. The highest BCUT2D eigenvalue weighted by Gasteiger charge is 2.32. The van der Waals surface area contributed by atoms with Crippen molar-refractivity contribution >= 4 is 11.6 Å². The molecule has 2 aromatic carbocycles. The standard InChI is InChI=1S/C22H28N2O4/c1-22(2)12-16-6-5-7-19(21(16)28-22)27-14-20(26)23-13-18(25)15-8-10-17(11-9-15)24(3)4/h5-11,18,25H,12-14H2,1-4H3,(H,23,26). The zero-order chi connectivity index (χ0) is 20.3. The highest BCUT2D eigenvalue weighted by atomic mass is 16.5. The maximum atomic E-state index is 12.1. The number of amides is 1. The molecule has 0 fully saturated rings. The van der Waals surface area contributed by atoms with Gasteiger partial charge in [0.1, 0.15) is 5.60 Å². The van der Waals surface area contributed by atoms with Gasteiger partial charge in [-0.2, -0.15) is 0 Å². The fourth-order valence-electron chi connectivity index (χ4n) is 3.22. The number of hydrogen-bond donors (Lipinski definition) is 2. The van der Waals surface area contributed by atoms with Crippen molar-refractivity contribution in [2.24, 2.45) is 0 Å². The van der Waals surface area contributed by atoms with E-state index in [1.54, 1.807) is 6.07 Å². The van der Waals surface area contributed by atoms with Crippen molar-refractivity contribution in [1.29, 1.82) is 0 Å². The molecule has 0 saturated carbocycles. The zero-order valence-electron chi connectivity index (χ0n) is 16.9. The molecule has 150 valence electrons. The average Bonchev–Trinajstić information content (AvgIpc) is 2.98. The first kappa shape index (κ1) is 20.0. The topological polar surface area (TPSA) is 71.0 Å². The molecule has 1 amide bonds. The lowest BCUT2D eigenvalue weighted by atomic mass is 10.0. The highest BCUT2D eigenvalue weighted by Crippen LogP contribution is 2.41. The van der Waals surface area contributed by atoms with Crippen LogP contribution >= 0.6 is 0 Å². The number of ether oxygens (including phenoxy) is 2. The first-order valence-electron chi connectivity index (χ1n) is 9.41. The Morgan fingerprint density at radius 3 is 2.64 bits per heavy atom. The van der Waals surface area contributed by atoms with Crippen molar-refractivity contribution in [1.82, 2.24) is 5.32 Å². The average molecular weight is 384 g/mol. The molecule has 0 spiro atoms. The van der Waals surface area contributed by atoms with Crippen LogP contribution in [-0.4, -0.2) is 43.9 Å². The minimum absolute atomic E-state index is 0.125. The molecule has 1 aliphatic heterocycles. The summed E-state index contributed by atoms with van der Waals surface area (Å²) in [5.41, 5.74) is 2.62. The largest absolute Gasteiger partial charge is 0.483 e. The molecule has 1 atom stereocenters. The third-order valence-corrected chi connectivity index (χ3v) is 4.70. The SMILES string of the molecule is CN(C)c1ccc(C(O)CNC(=O)COc2cccc3c2OC(C)(C)C3)cc1.